The number of aromatic nitrogens is 3. The van der Waals surface area contributed by atoms with Gasteiger partial charge in [-0.2, -0.15) is 5.10 Å². The van der Waals surface area contributed by atoms with E-state index in [1.54, 1.807) is 25.7 Å². The van der Waals surface area contributed by atoms with Crippen LogP contribution in [0.3, 0.4) is 0 Å². The molecule has 0 radical (unpaired) electrons. The molecule has 0 bridgehead atoms. The van der Waals surface area contributed by atoms with E-state index in [-0.39, 0.29) is 120 Å². The molecule has 2 fully saturated rings. The number of rotatable bonds is 13. The standard InChI is InChI=1S/C34H31F3N10O7S3.2Na/c35-18-1-2-25(22(36)7-18)46-10-21(32(50)51)28(49)20-8-23(37)30(43-29(20)46)44-3-5-45(6-4-44)39-16-55-13-17-14-56-31-24(11-47(31)27(17)33(52)53)42-26(48)9-40-54-12-19-15-57-34(38)41-19;;/h1-2,7-10,15-16,24,31H,3-6,11-14H2,(H2,38,41)(H,42,48)(H,50,51)(H,52,53);;/q;2*+1/p-2/t24-,31-;;/m1../s1. The van der Waals surface area contributed by atoms with Crippen LogP contribution in [0.25, 0.3) is 16.7 Å². The van der Waals surface area contributed by atoms with Gasteiger partial charge in [-0.05, 0) is 23.8 Å². The molecule has 59 heavy (non-hydrogen) atoms. The van der Waals surface area contributed by atoms with Crippen LogP contribution in [0.2, 0.25) is 0 Å². The third-order valence-electron chi connectivity index (χ3n) is 9.04. The molecule has 1 amide bonds. The predicted molar refractivity (Wildman–Crippen MR) is 203 cm³/mol. The summed E-state index contributed by atoms with van der Waals surface area (Å²) in [5.74, 6) is -6.01. The molecule has 0 aliphatic carbocycles. The first-order valence-corrected chi connectivity index (χ1v) is 19.9. The molecule has 0 unspecified atom stereocenters. The summed E-state index contributed by atoms with van der Waals surface area (Å²) in [4.78, 5) is 65.8. The van der Waals surface area contributed by atoms with Gasteiger partial charge in [0, 0.05) is 48.8 Å². The molecule has 1 aromatic carbocycles. The number of anilines is 2. The van der Waals surface area contributed by atoms with Gasteiger partial charge in [-0.3, -0.25) is 19.2 Å². The summed E-state index contributed by atoms with van der Waals surface area (Å²) < 4.78 is 44.9. The van der Waals surface area contributed by atoms with E-state index in [0.29, 0.717) is 47.1 Å². The number of nitrogen functional groups attached to an aromatic ring is 1. The predicted octanol–water partition coefficient (Wildman–Crippen LogP) is -5.91. The summed E-state index contributed by atoms with van der Waals surface area (Å²) in [6.07, 6.45) is 1.81. The minimum absolute atomic E-state index is 0. The normalized spacial score (nSPS) is 17.7. The van der Waals surface area contributed by atoms with E-state index in [2.05, 4.69) is 25.5 Å². The van der Waals surface area contributed by atoms with E-state index in [0.717, 1.165) is 35.2 Å². The van der Waals surface area contributed by atoms with E-state index in [1.807, 2.05) is 0 Å². The molecule has 0 spiro atoms. The zero-order chi connectivity index (χ0) is 40.4. The molecule has 3 N–H and O–H groups in total. The fourth-order valence-corrected chi connectivity index (χ4v) is 9.12. The van der Waals surface area contributed by atoms with E-state index in [9.17, 15) is 38.2 Å². The number of carboxylic acid groups (broad SMARTS) is 2. The summed E-state index contributed by atoms with van der Waals surface area (Å²) in [5.41, 5.74) is 5.95. The molecule has 17 nitrogen and oxygen atoms in total. The number of piperazine rings is 1. The van der Waals surface area contributed by atoms with Crippen LogP contribution in [-0.2, 0) is 21.0 Å². The third kappa shape index (κ3) is 10.4. The first-order valence-electron chi connectivity index (χ1n) is 16.9. The number of aromatic carboxylic acids is 1. The first-order chi connectivity index (χ1) is 27.4. The van der Waals surface area contributed by atoms with Crippen LogP contribution in [0.1, 0.15) is 16.1 Å². The zero-order valence-corrected chi connectivity index (χ0v) is 37.8. The molecule has 2 saturated heterocycles. The van der Waals surface area contributed by atoms with Crippen LogP contribution in [0.5, 0.6) is 0 Å². The number of nitrogens with two attached hydrogens (primary N) is 1. The van der Waals surface area contributed by atoms with Gasteiger partial charge in [0.05, 0.1) is 70.0 Å². The smallest absolute Gasteiger partial charge is 0.545 e. The fraction of sp³-hybridized carbons (Fsp3) is 0.294. The molecule has 4 aromatic rings. The second kappa shape index (κ2) is 20.2. The maximum absolute atomic E-state index is 15.5. The van der Waals surface area contributed by atoms with Gasteiger partial charge in [0.15, 0.2) is 34.4 Å². The number of hydrogen-bond donors (Lipinski definition) is 2. The molecule has 3 aliphatic rings. The molecule has 0 saturated carbocycles. The average molecular weight is 889 g/mol. The Morgan fingerprint density at radius 3 is 2.51 bits per heavy atom. The number of oxime groups is 1. The molecular formula is C34H29F3N10Na2O7S3. The Morgan fingerprint density at radius 1 is 1.07 bits per heavy atom. The van der Waals surface area contributed by atoms with E-state index < -0.39 is 51.7 Å². The molecule has 6 heterocycles. The molecular weight excluding hydrogens is 860 g/mol. The van der Waals surface area contributed by atoms with Gasteiger partial charge in [-0.15, -0.1) is 34.9 Å². The van der Waals surface area contributed by atoms with Crippen LogP contribution >= 0.6 is 34.9 Å². The number of aliphatic carboxylic acids is 1. The molecule has 298 valence electrons. The number of hydrogen-bond acceptors (Lipinski definition) is 18. The number of amides is 1. The van der Waals surface area contributed by atoms with E-state index in [1.165, 1.54) is 34.9 Å². The Morgan fingerprint density at radius 2 is 1.83 bits per heavy atom. The van der Waals surface area contributed by atoms with Crippen molar-refractivity contribution in [1.29, 1.82) is 0 Å². The zero-order valence-electron chi connectivity index (χ0n) is 31.3. The average Bonchev–Trinajstić information content (AvgIpc) is 3.59. The van der Waals surface area contributed by atoms with Gasteiger partial charge in [0.1, 0.15) is 17.8 Å². The van der Waals surface area contributed by atoms with Gasteiger partial charge in [-0.25, -0.2) is 23.1 Å². The van der Waals surface area contributed by atoms with Gasteiger partial charge >= 0.3 is 59.1 Å². The maximum Gasteiger partial charge on any atom is 1.00 e. The Labute approximate surface area is 389 Å². The number of benzene rings is 1. The quantitative estimate of drug-likeness (QED) is 0.0552. The molecule has 25 heteroatoms. The van der Waals surface area contributed by atoms with Crippen LogP contribution < -0.4 is 90.7 Å². The van der Waals surface area contributed by atoms with Crippen molar-refractivity contribution in [3.05, 3.63) is 86.0 Å². The monoisotopic (exact) mass is 888 g/mol. The number of carbonyl (C=O) groups is 3. The van der Waals surface area contributed by atoms with Gasteiger partial charge < -0.3 is 45.5 Å². The van der Waals surface area contributed by atoms with Gasteiger partial charge in [0.25, 0.3) is 5.91 Å². The number of carbonyl (C=O) groups excluding carboxylic acids is 3. The van der Waals surface area contributed by atoms with Crippen LogP contribution in [0, 0.1) is 17.5 Å². The number of nitrogens with one attached hydrogen (secondary N) is 1. The number of carboxylic acids is 2. The summed E-state index contributed by atoms with van der Waals surface area (Å²) in [5, 5.41) is 37.9. The Balaban J connectivity index is 0.00000331. The van der Waals surface area contributed by atoms with Crippen molar-refractivity contribution in [2.45, 2.75) is 18.0 Å². The van der Waals surface area contributed by atoms with Crippen LogP contribution in [0.15, 0.2) is 62.2 Å². The minimum Gasteiger partial charge on any atom is -0.545 e. The van der Waals surface area contributed by atoms with Crippen LogP contribution in [0.4, 0.5) is 24.1 Å². The topological polar surface area (TPSA) is 227 Å². The van der Waals surface area contributed by atoms with Crippen molar-refractivity contribution < 1.29 is 102 Å². The Kier molecular flexibility index (Phi) is 15.8. The minimum atomic E-state index is -1.86. The number of thioether (sulfide) groups is 2. The summed E-state index contributed by atoms with van der Waals surface area (Å²) in [6.45, 7) is 1.42. The Bertz CT molecular complexity index is 2420. The second-order valence-electron chi connectivity index (χ2n) is 12.7. The molecule has 2 atom stereocenters. The van der Waals surface area contributed by atoms with Crippen molar-refractivity contribution in [3.8, 4) is 5.69 Å². The fourth-order valence-electron chi connectivity index (χ4n) is 6.36. The molecule has 3 aromatic heterocycles. The summed E-state index contributed by atoms with van der Waals surface area (Å²) in [7, 11) is 0. The van der Waals surface area contributed by atoms with E-state index in [4.69, 9.17) is 10.6 Å². The molecule has 7 rings (SSSR count). The first kappa shape index (κ1) is 46.3. The number of nitrogens with zero attached hydrogens (tertiary/aromatic N) is 8. The number of thiazole rings is 1. The number of pyridine rings is 2. The van der Waals surface area contributed by atoms with E-state index >= 15 is 4.39 Å². The van der Waals surface area contributed by atoms with Gasteiger partial charge in [-0.1, -0.05) is 5.16 Å². The molecule has 3 aliphatic heterocycles. The number of hydrazone groups is 1. The number of fused-ring (bicyclic) bond motifs is 2. The Hall–Kier alpha value is -3.81. The van der Waals surface area contributed by atoms with Crippen molar-refractivity contribution in [2.75, 3.05) is 54.9 Å². The maximum atomic E-state index is 15.5. The van der Waals surface area contributed by atoms with Crippen molar-refractivity contribution in [2.24, 2.45) is 10.3 Å². The second-order valence-corrected chi connectivity index (χ2v) is 15.5. The SMILES string of the molecule is Nc1nc(CON=CC(=O)N[C@@H]2CN3C(C(=O)[O-])=C(CSC=NN4CCN(c5nc6c(cc5F)c(=O)c(C(=O)[O-])cn6-c5ccc(F)cc5F)CC4)CS[C@H]23)cs1.[Na+].[Na+]. The van der Waals surface area contributed by atoms with Crippen LogP contribution in [-0.4, -0.2) is 110 Å². The van der Waals surface area contributed by atoms with Crippen molar-refractivity contribution in [1.82, 2.24) is 29.8 Å². The van der Waals surface area contributed by atoms with Gasteiger partial charge in [0.2, 0.25) is 0 Å². The number of halogens is 3. The largest absolute Gasteiger partial charge is 1.00 e. The van der Waals surface area contributed by atoms with Crippen molar-refractivity contribution >= 4 is 86.5 Å². The summed E-state index contributed by atoms with van der Waals surface area (Å²) >= 11 is 4.02. The third-order valence-corrected chi connectivity index (χ3v) is 12.0. The van der Waals surface area contributed by atoms with Crippen molar-refractivity contribution in [3.63, 3.8) is 0 Å². The summed E-state index contributed by atoms with van der Waals surface area (Å²) in [6, 6.07) is 3.07.